The monoisotopic (exact) mass is 201 g/mol. The SMILES string of the molecule is CC1CCN(C(C)C(N)=NO)C1CO. The Kier molecular flexibility index (Phi) is 3.71. The first-order chi connectivity index (χ1) is 6.61. The summed E-state index contributed by atoms with van der Waals surface area (Å²) in [6.07, 6.45) is 1.05. The van der Waals surface area contributed by atoms with Gasteiger partial charge in [-0.2, -0.15) is 0 Å². The molecule has 3 atom stereocenters. The molecule has 5 heteroatoms. The van der Waals surface area contributed by atoms with Crippen LogP contribution in [0.3, 0.4) is 0 Å². The number of likely N-dealkylation sites (tertiary alicyclic amines) is 1. The quantitative estimate of drug-likeness (QED) is 0.256. The minimum absolute atomic E-state index is 0.109. The lowest BCUT2D eigenvalue weighted by Gasteiger charge is -2.29. The van der Waals surface area contributed by atoms with Crippen molar-refractivity contribution in [2.75, 3.05) is 13.2 Å². The van der Waals surface area contributed by atoms with E-state index in [1.54, 1.807) is 0 Å². The maximum absolute atomic E-state index is 9.23. The van der Waals surface area contributed by atoms with Gasteiger partial charge >= 0.3 is 0 Å². The fourth-order valence-corrected chi connectivity index (χ4v) is 2.06. The smallest absolute Gasteiger partial charge is 0.156 e. The Morgan fingerprint density at radius 3 is 2.86 bits per heavy atom. The van der Waals surface area contributed by atoms with E-state index in [1.165, 1.54) is 0 Å². The van der Waals surface area contributed by atoms with E-state index in [1.807, 2.05) is 6.92 Å². The summed E-state index contributed by atoms with van der Waals surface area (Å²) in [7, 11) is 0. The average Bonchev–Trinajstić information content (AvgIpc) is 2.57. The average molecular weight is 201 g/mol. The van der Waals surface area contributed by atoms with E-state index >= 15 is 0 Å². The van der Waals surface area contributed by atoms with Gasteiger partial charge < -0.3 is 16.0 Å². The topological polar surface area (TPSA) is 82.1 Å². The lowest BCUT2D eigenvalue weighted by atomic mass is 10.0. The molecule has 0 aromatic carbocycles. The molecular formula is C9H19N3O2. The third-order valence-corrected chi connectivity index (χ3v) is 3.15. The molecule has 0 aliphatic carbocycles. The minimum Gasteiger partial charge on any atom is -0.409 e. The summed E-state index contributed by atoms with van der Waals surface area (Å²) in [4.78, 5) is 2.08. The van der Waals surface area contributed by atoms with Gasteiger partial charge in [0.25, 0.3) is 0 Å². The maximum atomic E-state index is 9.23. The summed E-state index contributed by atoms with van der Waals surface area (Å²) in [5, 5.41) is 20.8. The summed E-state index contributed by atoms with van der Waals surface area (Å²) in [6, 6.07) is 0.0207. The highest BCUT2D eigenvalue weighted by Crippen LogP contribution is 2.25. The predicted octanol–water partition coefficient (Wildman–Crippen LogP) is -0.176. The number of oxime groups is 1. The van der Waals surface area contributed by atoms with Crippen LogP contribution in [0.2, 0.25) is 0 Å². The third-order valence-electron chi connectivity index (χ3n) is 3.15. The van der Waals surface area contributed by atoms with Crippen LogP contribution < -0.4 is 5.73 Å². The van der Waals surface area contributed by atoms with Gasteiger partial charge in [-0.3, -0.25) is 4.90 Å². The zero-order valence-corrected chi connectivity index (χ0v) is 8.72. The van der Waals surface area contributed by atoms with E-state index in [9.17, 15) is 5.11 Å². The van der Waals surface area contributed by atoms with Crippen molar-refractivity contribution in [1.82, 2.24) is 4.90 Å². The summed E-state index contributed by atoms with van der Waals surface area (Å²) >= 11 is 0. The second kappa shape index (κ2) is 4.61. The van der Waals surface area contributed by atoms with E-state index < -0.39 is 0 Å². The summed E-state index contributed by atoms with van der Waals surface area (Å²) in [5.41, 5.74) is 5.54. The Labute approximate surface area is 84.2 Å². The highest BCUT2D eigenvalue weighted by Gasteiger charge is 2.34. The molecule has 0 aromatic rings. The largest absolute Gasteiger partial charge is 0.409 e. The van der Waals surface area contributed by atoms with Crippen molar-refractivity contribution in [2.45, 2.75) is 32.4 Å². The molecule has 1 aliphatic rings. The van der Waals surface area contributed by atoms with Crippen LogP contribution in [0, 0.1) is 5.92 Å². The zero-order chi connectivity index (χ0) is 10.7. The van der Waals surface area contributed by atoms with Crippen molar-refractivity contribution in [3.8, 4) is 0 Å². The highest BCUT2D eigenvalue weighted by molar-refractivity contribution is 5.84. The molecule has 14 heavy (non-hydrogen) atoms. The van der Waals surface area contributed by atoms with Gasteiger partial charge in [-0.05, 0) is 25.8 Å². The molecule has 1 rings (SSSR count). The summed E-state index contributed by atoms with van der Waals surface area (Å²) < 4.78 is 0. The summed E-state index contributed by atoms with van der Waals surface area (Å²) in [5.74, 6) is 0.673. The highest BCUT2D eigenvalue weighted by atomic mass is 16.4. The second-order valence-electron chi connectivity index (χ2n) is 3.95. The zero-order valence-electron chi connectivity index (χ0n) is 8.72. The maximum Gasteiger partial charge on any atom is 0.156 e. The normalized spacial score (nSPS) is 32.1. The molecule has 1 saturated heterocycles. The lowest BCUT2D eigenvalue weighted by molar-refractivity contribution is 0.128. The molecule has 5 nitrogen and oxygen atoms in total. The molecule has 0 aromatic heterocycles. The molecule has 1 heterocycles. The molecule has 0 bridgehead atoms. The van der Waals surface area contributed by atoms with Gasteiger partial charge in [0.1, 0.15) is 0 Å². The van der Waals surface area contributed by atoms with E-state index in [2.05, 4.69) is 17.0 Å². The van der Waals surface area contributed by atoms with Crippen LogP contribution in [0.5, 0.6) is 0 Å². The van der Waals surface area contributed by atoms with Crippen LogP contribution in [0.15, 0.2) is 5.16 Å². The van der Waals surface area contributed by atoms with Crippen molar-refractivity contribution in [3.63, 3.8) is 0 Å². The molecule has 0 radical (unpaired) electrons. The minimum atomic E-state index is -0.109. The number of aliphatic hydroxyl groups is 1. The van der Waals surface area contributed by atoms with Crippen molar-refractivity contribution in [3.05, 3.63) is 0 Å². The molecule has 0 amide bonds. The van der Waals surface area contributed by atoms with E-state index in [0.29, 0.717) is 5.92 Å². The van der Waals surface area contributed by atoms with Gasteiger partial charge in [0, 0.05) is 6.04 Å². The Morgan fingerprint density at radius 2 is 2.36 bits per heavy atom. The van der Waals surface area contributed by atoms with Gasteiger partial charge in [0.15, 0.2) is 5.84 Å². The van der Waals surface area contributed by atoms with Crippen LogP contribution in [-0.4, -0.2) is 46.3 Å². The number of hydrogen-bond donors (Lipinski definition) is 3. The number of nitrogens with zero attached hydrogens (tertiary/aromatic N) is 2. The Hall–Kier alpha value is -0.810. The molecular weight excluding hydrogens is 182 g/mol. The number of hydrogen-bond acceptors (Lipinski definition) is 4. The van der Waals surface area contributed by atoms with Gasteiger partial charge in [-0.1, -0.05) is 12.1 Å². The molecule has 1 aliphatic heterocycles. The third kappa shape index (κ3) is 1.99. The number of rotatable bonds is 3. The molecule has 82 valence electrons. The number of aliphatic hydroxyl groups excluding tert-OH is 1. The standard InChI is InChI=1S/C9H19N3O2/c1-6-3-4-12(8(6)5-13)7(2)9(10)11-14/h6-8,13-14H,3-5H2,1-2H3,(H2,10,11). The molecule has 4 N–H and O–H groups in total. The summed E-state index contributed by atoms with van der Waals surface area (Å²) in [6.45, 7) is 5.02. The molecule has 1 fully saturated rings. The Morgan fingerprint density at radius 1 is 1.71 bits per heavy atom. The van der Waals surface area contributed by atoms with E-state index in [0.717, 1.165) is 13.0 Å². The van der Waals surface area contributed by atoms with E-state index in [4.69, 9.17) is 10.9 Å². The first-order valence-corrected chi connectivity index (χ1v) is 4.95. The Balaban J connectivity index is 2.68. The van der Waals surface area contributed by atoms with Crippen LogP contribution in [0.25, 0.3) is 0 Å². The van der Waals surface area contributed by atoms with Gasteiger partial charge in [-0.15, -0.1) is 0 Å². The van der Waals surface area contributed by atoms with Crippen molar-refractivity contribution in [2.24, 2.45) is 16.8 Å². The van der Waals surface area contributed by atoms with Crippen LogP contribution in [0.4, 0.5) is 0 Å². The Bertz CT molecular complexity index is 220. The molecule has 3 unspecified atom stereocenters. The van der Waals surface area contributed by atoms with Gasteiger partial charge in [0.2, 0.25) is 0 Å². The van der Waals surface area contributed by atoms with Crippen LogP contribution in [0.1, 0.15) is 20.3 Å². The molecule has 0 spiro atoms. The van der Waals surface area contributed by atoms with E-state index in [-0.39, 0.29) is 24.5 Å². The van der Waals surface area contributed by atoms with Crippen LogP contribution >= 0.6 is 0 Å². The van der Waals surface area contributed by atoms with Crippen molar-refractivity contribution >= 4 is 5.84 Å². The number of nitrogens with two attached hydrogens (primary N) is 1. The predicted molar refractivity (Wildman–Crippen MR) is 54.2 cm³/mol. The van der Waals surface area contributed by atoms with Crippen molar-refractivity contribution in [1.29, 1.82) is 0 Å². The first-order valence-electron chi connectivity index (χ1n) is 4.95. The van der Waals surface area contributed by atoms with Crippen molar-refractivity contribution < 1.29 is 10.3 Å². The first kappa shape index (κ1) is 11.3. The fourth-order valence-electron chi connectivity index (χ4n) is 2.06. The molecule has 0 saturated carbocycles. The number of amidine groups is 1. The lowest BCUT2D eigenvalue weighted by Crippen LogP contribution is -2.47. The van der Waals surface area contributed by atoms with Crippen LogP contribution in [-0.2, 0) is 0 Å². The second-order valence-corrected chi connectivity index (χ2v) is 3.95. The fraction of sp³-hybridized carbons (Fsp3) is 0.889. The van der Waals surface area contributed by atoms with Gasteiger partial charge in [0.05, 0.1) is 12.6 Å². The van der Waals surface area contributed by atoms with Gasteiger partial charge in [-0.25, -0.2) is 0 Å².